The third-order valence-corrected chi connectivity index (χ3v) is 9.46. The van der Waals surface area contributed by atoms with Crippen LogP contribution in [0.2, 0.25) is 5.02 Å². The molecular weight excluding hydrogens is 610 g/mol. The molecule has 11 heteroatoms. The van der Waals surface area contributed by atoms with Gasteiger partial charge in [0.05, 0.1) is 47.8 Å². The van der Waals surface area contributed by atoms with Crippen LogP contribution in [-0.2, 0) is 28.7 Å². The van der Waals surface area contributed by atoms with E-state index >= 15 is 0 Å². The van der Waals surface area contributed by atoms with Crippen molar-refractivity contribution in [1.29, 1.82) is 0 Å². The second-order valence-electron chi connectivity index (χ2n) is 12.0. The number of aliphatic hydroxyl groups excluding tert-OH is 1. The molecule has 3 heterocycles. The van der Waals surface area contributed by atoms with Crippen LogP contribution in [0, 0.1) is 11.8 Å². The number of hydrogen-bond acceptors (Lipinski definition) is 7. The predicted octanol–water partition coefficient (Wildman–Crippen LogP) is 3.98. The van der Waals surface area contributed by atoms with E-state index < -0.39 is 66.1 Å². The summed E-state index contributed by atoms with van der Waals surface area (Å²) in [6.07, 6.45) is 3.53. The Balaban J connectivity index is 1.50. The topological polar surface area (TPSA) is 125 Å². The number of halogens is 1. The minimum absolute atomic E-state index is 0.0991. The standard InChI is InChI=1S/C35H40ClN3O7/c1-4-6-16-28(41)37-20-22(3)45-34(44)29-27-17-18-35(46-27)30(29)32(42)39(26(21-40)23-12-8-7-9-13-23)31(35)33(43)38(19-5-2)25-15-11-10-14-24(25)36/h4-5,7-15,22,26-27,29-31,40H,1-2,6,16-21H2,3H3,(H,37,41)/t22-,26-,27+,29-,30-,31+,35-/m1/s1. The number of amides is 3. The Morgan fingerprint density at radius 2 is 1.89 bits per heavy atom. The van der Waals surface area contributed by atoms with E-state index in [-0.39, 0.29) is 25.4 Å². The highest BCUT2D eigenvalue weighted by molar-refractivity contribution is 6.34. The first-order chi connectivity index (χ1) is 22.2. The van der Waals surface area contributed by atoms with Crippen molar-refractivity contribution in [2.45, 2.75) is 62.5 Å². The molecule has 46 heavy (non-hydrogen) atoms. The first kappa shape index (κ1) is 33.4. The molecule has 2 aromatic rings. The Labute approximate surface area is 274 Å². The summed E-state index contributed by atoms with van der Waals surface area (Å²) in [5.41, 5.74) is -0.267. The number of benzene rings is 2. The number of likely N-dealkylation sites (tertiary alicyclic amines) is 1. The Morgan fingerprint density at radius 3 is 2.57 bits per heavy atom. The van der Waals surface area contributed by atoms with E-state index in [0.717, 1.165) is 0 Å². The van der Waals surface area contributed by atoms with Gasteiger partial charge in [0.1, 0.15) is 17.7 Å². The van der Waals surface area contributed by atoms with Gasteiger partial charge in [-0.15, -0.1) is 13.2 Å². The SMILES string of the molecule is C=CCCC(=O)NC[C@@H](C)OC(=O)[C@@H]1[C@@H]2CC[C@]3(O2)[C@H](C(=O)N(CC=C)c2ccccc2Cl)N([C@H](CO)c2ccccc2)C(=O)[C@@H]13. The molecule has 5 rings (SSSR count). The Morgan fingerprint density at radius 1 is 1.17 bits per heavy atom. The summed E-state index contributed by atoms with van der Waals surface area (Å²) >= 11 is 6.56. The number of para-hydroxylation sites is 1. The zero-order chi connectivity index (χ0) is 33.0. The van der Waals surface area contributed by atoms with Gasteiger partial charge < -0.3 is 29.7 Å². The van der Waals surface area contributed by atoms with E-state index in [1.807, 2.05) is 6.07 Å². The van der Waals surface area contributed by atoms with Crippen molar-refractivity contribution in [2.75, 3.05) is 24.6 Å². The first-order valence-electron chi connectivity index (χ1n) is 15.6. The highest BCUT2D eigenvalue weighted by atomic mass is 35.5. The van der Waals surface area contributed by atoms with Gasteiger partial charge in [-0.05, 0) is 43.9 Å². The number of anilines is 1. The van der Waals surface area contributed by atoms with Crippen LogP contribution in [0.4, 0.5) is 5.69 Å². The summed E-state index contributed by atoms with van der Waals surface area (Å²) in [7, 11) is 0. The van der Waals surface area contributed by atoms with Crippen molar-refractivity contribution < 1.29 is 33.8 Å². The third-order valence-electron chi connectivity index (χ3n) is 9.14. The Hall–Kier alpha value is -3.99. The van der Waals surface area contributed by atoms with Crippen LogP contribution < -0.4 is 10.2 Å². The summed E-state index contributed by atoms with van der Waals surface area (Å²) in [5, 5.41) is 13.8. The molecule has 0 saturated carbocycles. The fourth-order valence-electron chi connectivity index (χ4n) is 7.16. The van der Waals surface area contributed by atoms with Crippen LogP contribution >= 0.6 is 11.6 Å². The average molecular weight is 650 g/mol. The van der Waals surface area contributed by atoms with Crippen LogP contribution in [-0.4, -0.2) is 77.2 Å². The third kappa shape index (κ3) is 6.09. The quantitative estimate of drug-likeness (QED) is 0.234. The fourth-order valence-corrected chi connectivity index (χ4v) is 7.39. The van der Waals surface area contributed by atoms with E-state index in [0.29, 0.717) is 35.5 Å². The minimum Gasteiger partial charge on any atom is -0.460 e. The number of ether oxygens (including phenoxy) is 2. The second kappa shape index (κ2) is 14.2. The summed E-state index contributed by atoms with van der Waals surface area (Å²) in [5.74, 6) is -3.72. The number of nitrogens with one attached hydrogen (secondary N) is 1. The van der Waals surface area contributed by atoms with E-state index in [4.69, 9.17) is 21.1 Å². The number of fused-ring (bicyclic) bond motifs is 1. The van der Waals surface area contributed by atoms with Crippen LogP contribution in [0.15, 0.2) is 79.9 Å². The summed E-state index contributed by atoms with van der Waals surface area (Å²) < 4.78 is 12.3. The number of aliphatic hydroxyl groups is 1. The number of allylic oxidation sites excluding steroid dienone is 1. The molecule has 244 valence electrons. The summed E-state index contributed by atoms with van der Waals surface area (Å²) in [6.45, 7) is 8.85. The smallest absolute Gasteiger partial charge is 0.312 e. The van der Waals surface area contributed by atoms with Gasteiger partial charge in [-0.2, -0.15) is 0 Å². The maximum Gasteiger partial charge on any atom is 0.312 e. The maximum atomic E-state index is 14.8. The molecular formula is C35H40ClN3O7. The summed E-state index contributed by atoms with van der Waals surface area (Å²) in [4.78, 5) is 58.1. The number of nitrogens with zero attached hydrogens (tertiary/aromatic N) is 2. The lowest BCUT2D eigenvalue weighted by molar-refractivity contribution is -0.159. The molecule has 3 saturated heterocycles. The molecule has 0 radical (unpaired) electrons. The van der Waals surface area contributed by atoms with E-state index in [1.54, 1.807) is 67.6 Å². The van der Waals surface area contributed by atoms with Gasteiger partial charge in [-0.25, -0.2) is 0 Å². The molecule has 10 nitrogen and oxygen atoms in total. The van der Waals surface area contributed by atoms with E-state index in [1.165, 1.54) is 9.80 Å². The molecule has 3 amide bonds. The molecule has 3 aliphatic rings. The lowest BCUT2D eigenvalue weighted by atomic mass is 9.70. The molecule has 2 aromatic carbocycles. The molecule has 1 spiro atoms. The van der Waals surface area contributed by atoms with Gasteiger partial charge in [-0.3, -0.25) is 19.2 Å². The number of carbonyl (C=O) groups excluding carboxylic acids is 4. The molecule has 0 unspecified atom stereocenters. The molecule has 7 atom stereocenters. The zero-order valence-electron chi connectivity index (χ0n) is 25.8. The molecule has 3 aliphatic heterocycles. The van der Waals surface area contributed by atoms with Gasteiger partial charge in [0.25, 0.3) is 5.91 Å². The second-order valence-corrected chi connectivity index (χ2v) is 12.4. The molecule has 0 aliphatic carbocycles. The number of carbonyl (C=O) groups is 4. The van der Waals surface area contributed by atoms with Crippen LogP contribution in [0.3, 0.4) is 0 Å². The normalized spacial score (nSPS) is 25.8. The largest absolute Gasteiger partial charge is 0.460 e. The molecule has 3 fully saturated rings. The highest BCUT2D eigenvalue weighted by Crippen LogP contribution is 2.60. The van der Waals surface area contributed by atoms with Gasteiger partial charge >= 0.3 is 5.97 Å². The molecule has 0 aromatic heterocycles. The van der Waals surface area contributed by atoms with Crippen molar-refractivity contribution in [1.82, 2.24) is 10.2 Å². The van der Waals surface area contributed by atoms with Crippen LogP contribution in [0.5, 0.6) is 0 Å². The number of hydrogen-bond donors (Lipinski definition) is 2. The van der Waals surface area contributed by atoms with Gasteiger partial charge in [0.15, 0.2) is 0 Å². The number of esters is 1. The van der Waals surface area contributed by atoms with Gasteiger partial charge in [0.2, 0.25) is 11.8 Å². The van der Waals surface area contributed by atoms with Crippen molar-refractivity contribution in [3.8, 4) is 0 Å². The van der Waals surface area contributed by atoms with Crippen molar-refractivity contribution in [3.05, 3.63) is 90.5 Å². The maximum absolute atomic E-state index is 14.8. The van der Waals surface area contributed by atoms with Crippen LogP contribution in [0.25, 0.3) is 0 Å². The first-order valence-corrected chi connectivity index (χ1v) is 16.0. The van der Waals surface area contributed by atoms with Gasteiger partial charge in [-0.1, -0.05) is 66.2 Å². The molecule has 2 bridgehead atoms. The fraction of sp³-hybridized carbons (Fsp3) is 0.429. The number of rotatable bonds is 14. The Kier molecular flexibility index (Phi) is 10.3. The van der Waals surface area contributed by atoms with E-state index in [2.05, 4.69) is 18.5 Å². The van der Waals surface area contributed by atoms with Gasteiger partial charge in [0, 0.05) is 13.0 Å². The highest BCUT2D eigenvalue weighted by Gasteiger charge is 2.76. The summed E-state index contributed by atoms with van der Waals surface area (Å²) in [6, 6.07) is 13.8. The van der Waals surface area contributed by atoms with Crippen LogP contribution in [0.1, 0.15) is 44.2 Å². The van der Waals surface area contributed by atoms with Crippen molar-refractivity contribution in [2.24, 2.45) is 11.8 Å². The average Bonchev–Trinajstić information content (AvgIpc) is 3.70. The lowest BCUT2D eigenvalue weighted by Crippen LogP contribution is -2.57. The van der Waals surface area contributed by atoms with Crippen molar-refractivity contribution in [3.63, 3.8) is 0 Å². The minimum atomic E-state index is -1.34. The zero-order valence-corrected chi connectivity index (χ0v) is 26.6. The van der Waals surface area contributed by atoms with E-state index in [9.17, 15) is 24.3 Å². The monoisotopic (exact) mass is 649 g/mol. The Bertz CT molecular complexity index is 1490. The lowest BCUT2D eigenvalue weighted by Gasteiger charge is -2.39. The molecule has 2 N–H and O–H groups in total. The predicted molar refractivity (Wildman–Crippen MR) is 173 cm³/mol. The van der Waals surface area contributed by atoms with Crippen molar-refractivity contribution >= 4 is 41.0 Å².